The number of thiazole rings is 1. The molecule has 1 saturated heterocycles. The summed E-state index contributed by atoms with van der Waals surface area (Å²) < 4.78 is 21.6. The molecule has 0 unspecified atom stereocenters. The van der Waals surface area contributed by atoms with E-state index in [-0.39, 0.29) is 17.5 Å². The number of nitrogens with zero attached hydrogens (tertiary/aromatic N) is 1. The van der Waals surface area contributed by atoms with E-state index in [4.69, 9.17) is 5.73 Å². The lowest BCUT2D eigenvalue weighted by Crippen LogP contribution is -2.46. The van der Waals surface area contributed by atoms with E-state index in [0.29, 0.717) is 10.1 Å². The van der Waals surface area contributed by atoms with Crippen LogP contribution in [-0.2, 0) is 9.84 Å². The summed E-state index contributed by atoms with van der Waals surface area (Å²) in [7, 11) is -2.76. The van der Waals surface area contributed by atoms with Crippen molar-refractivity contribution in [2.45, 2.75) is 6.04 Å². The standard InChI is InChI=1S/C6H9N3O2S2/c7-5-1-8-6(12-5)9-4-2-13(10,11)3-4/h1,4H,2-3,7H2,(H,8,9). The number of hydrogen-bond donors (Lipinski definition) is 2. The molecule has 0 aromatic carbocycles. The van der Waals surface area contributed by atoms with Gasteiger partial charge in [0.05, 0.1) is 23.7 Å². The second kappa shape index (κ2) is 2.85. The lowest BCUT2D eigenvalue weighted by atomic mass is 10.4. The van der Waals surface area contributed by atoms with Gasteiger partial charge in [-0.1, -0.05) is 11.3 Å². The summed E-state index contributed by atoms with van der Waals surface area (Å²) in [6, 6.07) is 0.00977. The molecule has 0 saturated carbocycles. The number of hydrogen-bond acceptors (Lipinski definition) is 6. The third-order valence-electron chi connectivity index (χ3n) is 1.76. The number of nitrogens with two attached hydrogens (primary N) is 1. The predicted octanol–water partition coefficient (Wildman–Crippen LogP) is -0.0658. The van der Waals surface area contributed by atoms with Gasteiger partial charge in [-0.2, -0.15) is 0 Å². The van der Waals surface area contributed by atoms with Crippen molar-refractivity contribution < 1.29 is 8.42 Å². The largest absolute Gasteiger partial charge is 0.389 e. The van der Waals surface area contributed by atoms with Crippen LogP contribution in [0.5, 0.6) is 0 Å². The minimum absolute atomic E-state index is 0.00977. The first-order chi connectivity index (χ1) is 6.05. The molecule has 2 rings (SSSR count). The Kier molecular flexibility index (Phi) is 1.92. The molecule has 0 aliphatic carbocycles. The molecule has 0 radical (unpaired) electrons. The number of nitrogen functional groups attached to an aromatic ring is 1. The van der Waals surface area contributed by atoms with Crippen molar-refractivity contribution in [2.75, 3.05) is 22.6 Å². The van der Waals surface area contributed by atoms with Crippen LogP contribution in [0.1, 0.15) is 0 Å². The van der Waals surface area contributed by atoms with E-state index in [9.17, 15) is 8.42 Å². The van der Waals surface area contributed by atoms with E-state index in [1.807, 2.05) is 0 Å². The monoisotopic (exact) mass is 219 g/mol. The Labute approximate surface area is 79.9 Å². The van der Waals surface area contributed by atoms with E-state index < -0.39 is 9.84 Å². The molecule has 1 aromatic heterocycles. The number of sulfone groups is 1. The highest BCUT2D eigenvalue weighted by atomic mass is 32.2. The first-order valence-corrected chi connectivity index (χ1v) is 6.37. The summed E-state index contributed by atoms with van der Waals surface area (Å²) in [5.74, 6) is 0.402. The van der Waals surface area contributed by atoms with Crippen molar-refractivity contribution in [2.24, 2.45) is 0 Å². The van der Waals surface area contributed by atoms with E-state index in [0.717, 1.165) is 0 Å². The predicted molar refractivity (Wildman–Crippen MR) is 52.6 cm³/mol. The molecule has 5 nitrogen and oxygen atoms in total. The van der Waals surface area contributed by atoms with Gasteiger partial charge in [0.2, 0.25) is 0 Å². The maximum absolute atomic E-state index is 10.8. The molecule has 0 atom stereocenters. The first-order valence-electron chi connectivity index (χ1n) is 3.73. The normalized spacial score (nSPS) is 20.9. The quantitative estimate of drug-likeness (QED) is 0.727. The van der Waals surface area contributed by atoms with E-state index in [1.165, 1.54) is 11.3 Å². The van der Waals surface area contributed by atoms with Gasteiger partial charge in [0.25, 0.3) is 0 Å². The van der Waals surface area contributed by atoms with Crippen molar-refractivity contribution in [3.05, 3.63) is 6.20 Å². The van der Waals surface area contributed by atoms with Crippen LogP contribution in [0.25, 0.3) is 0 Å². The average molecular weight is 219 g/mol. The minimum atomic E-state index is -2.76. The summed E-state index contributed by atoms with van der Waals surface area (Å²) in [5.41, 5.74) is 5.46. The average Bonchev–Trinajstić information content (AvgIpc) is 2.31. The zero-order valence-corrected chi connectivity index (χ0v) is 8.36. The molecule has 2 heterocycles. The van der Waals surface area contributed by atoms with Gasteiger partial charge in [-0.05, 0) is 0 Å². The SMILES string of the molecule is Nc1cnc(NC2CS(=O)(=O)C2)s1. The molecule has 72 valence electrons. The lowest BCUT2D eigenvalue weighted by molar-refractivity contribution is 0.570. The zero-order chi connectivity index (χ0) is 9.47. The lowest BCUT2D eigenvalue weighted by Gasteiger charge is -2.26. The summed E-state index contributed by atoms with van der Waals surface area (Å²) in [4.78, 5) is 3.97. The Morgan fingerprint density at radius 1 is 1.62 bits per heavy atom. The topological polar surface area (TPSA) is 85.1 Å². The smallest absolute Gasteiger partial charge is 0.184 e. The van der Waals surface area contributed by atoms with Gasteiger partial charge in [0.15, 0.2) is 15.0 Å². The van der Waals surface area contributed by atoms with Gasteiger partial charge in [-0.15, -0.1) is 0 Å². The molecule has 0 spiro atoms. The number of aromatic nitrogens is 1. The van der Waals surface area contributed by atoms with Crippen molar-refractivity contribution in [1.82, 2.24) is 4.98 Å². The molecule has 1 aliphatic rings. The molecule has 1 aliphatic heterocycles. The molecule has 1 fully saturated rings. The van der Waals surface area contributed by atoms with Gasteiger partial charge >= 0.3 is 0 Å². The van der Waals surface area contributed by atoms with Crippen LogP contribution in [0, 0.1) is 0 Å². The van der Waals surface area contributed by atoms with Crippen LogP contribution < -0.4 is 11.1 Å². The van der Waals surface area contributed by atoms with Crippen molar-refractivity contribution in [3.63, 3.8) is 0 Å². The molecule has 3 N–H and O–H groups in total. The third kappa shape index (κ3) is 1.92. The number of nitrogens with one attached hydrogen (secondary N) is 1. The Bertz CT molecular complexity index is 399. The first kappa shape index (κ1) is 8.76. The highest BCUT2D eigenvalue weighted by Crippen LogP contribution is 2.23. The third-order valence-corrected chi connectivity index (χ3v) is 4.34. The summed E-state index contributed by atoms with van der Waals surface area (Å²) in [6.45, 7) is 0. The van der Waals surface area contributed by atoms with Crippen LogP contribution in [-0.4, -0.2) is 30.9 Å². The van der Waals surface area contributed by atoms with Gasteiger partial charge < -0.3 is 11.1 Å². The summed E-state index contributed by atoms with van der Waals surface area (Å²) in [5, 5.41) is 4.32. The van der Waals surface area contributed by atoms with Gasteiger partial charge in [0, 0.05) is 0 Å². The van der Waals surface area contributed by atoms with Crippen LogP contribution in [0.2, 0.25) is 0 Å². The fourth-order valence-electron chi connectivity index (χ4n) is 1.18. The van der Waals surface area contributed by atoms with Crippen LogP contribution in [0.3, 0.4) is 0 Å². The van der Waals surface area contributed by atoms with Gasteiger partial charge in [0.1, 0.15) is 5.00 Å². The Hall–Kier alpha value is -0.820. The summed E-state index contributed by atoms with van der Waals surface area (Å²) in [6.07, 6.45) is 1.56. The van der Waals surface area contributed by atoms with E-state index in [1.54, 1.807) is 6.20 Å². The fraction of sp³-hybridized carbons (Fsp3) is 0.500. The van der Waals surface area contributed by atoms with Crippen LogP contribution in [0.4, 0.5) is 10.1 Å². The van der Waals surface area contributed by atoms with Crippen LogP contribution in [0.15, 0.2) is 6.20 Å². The molecular formula is C6H9N3O2S2. The maximum Gasteiger partial charge on any atom is 0.184 e. The minimum Gasteiger partial charge on any atom is -0.389 e. The molecular weight excluding hydrogens is 210 g/mol. The Morgan fingerprint density at radius 2 is 2.31 bits per heavy atom. The van der Waals surface area contributed by atoms with Crippen LogP contribution >= 0.6 is 11.3 Å². The fourth-order valence-corrected chi connectivity index (χ4v) is 3.13. The number of rotatable bonds is 2. The molecule has 13 heavy (non-hydrogen) atoms. The second-order valence-corrected chi connectivity index (χ2v) is 6.20. The second-order valence-electron chi connectivity index (χ2n) is 2.99. The molecule has 1 aromatic rings. The molecule has 0 bridgehead atoms. The van der Waals surface area contributed by atoms with Gasteiger partial charge in [-0.3, -0.25) is 0 Å². The summed E-state index contributed by atoms with van der Waals surface area (Å²) >= 11 is 1.33. The Balaban J connectivity index is 1.94. The maximum atomic E-state index is 10.8. The van der Waals surface area contributed by atoms with E-state index in [2.05, 4.69) is 10.3 Å². The molecule has 7 heteroatoms. The van der Waals surface area contributed by atoms with Gasteiger partial charge in [-0.25, -0.2) is 13.4 Å². The highest BCUT2D eigenvalue weighted by Gasteiger charge is 2.33. The Morgan fingerprint density at radius 3 is 2.77 bits per heavy atom. The van der Waals surface area contributed by atoms with Crippen molar-refractivity contribution in [1.29, 1.82) is 0 Å². The zero-order valence-electron chi connectivity index (χ0n) is 6.73. The molecule has 0 amide bonds. The highest BCUT2D eigenvalue weighted by molar-refractivity contribution is 7.92. The van der Waals surface area contributed by atoms with E-state index >= 15 is 0 Å². The van der Waals surface area contributed by atoms with Crippen molar-refractivity contribution >= 4 is 31.3 Å². The number of anilines is 2. The van der Waals surface area contributed by atoms with Crippen molar-refractivity contribution in [3.8, 4) is 0 Å².